The molecule has 0 aromatic heterocycles. The maximum Gasteiger partial charge on any atom is 0.258 e. The van der Waals surface area contributed by atoms with Crippen LogP contribution in [0.25, 0.3) is 0 Å². The molecule has 0 amide bonds. The standard InChI is InChI=1S/C7H7NOS.C2H6.CH3NOS/c9-7(10)8-6-4-2-1-3-5-6;1-2;2-1(3)4/h1-5H,(H2,8,9,10);1-2H3;(H3,2,3,4). The van der Waals surface area contributed by atoms with Crippen LogP contribution in [0.2, 0.25) is 0 Å². The van der Waals surface area contributed by atoms with Gasteiger partial charge in [-0.1, -0.05) is 32.0 Å². The smallest absolute Gasteiger partial charge is 0.258 e. The van der Waals surface area contributed by atoms with Gasteiger partial charge in [0.15, 0.2) is 0 Å². The molecular weight excluding hydrogens is 244 g/mol. The Bertz CT molecular complexity index is 301. The monoisotopic (exact) mass is 260 g/mol. The first-order valence-corrected chi connectivity index (χ1v) is 5.37. The van der Waals surface area contributed by atoms with Crippen LogP contribution in [0.4, 0.5) is 5.69 Å². The molecule has 1 aromatic rings. The van der Waals surface area contributed by atoms with E-state index in [0.717, 1.165) is 5.69 Å². The summed E-state index contributed by atoms with van der Waals surface area (Å²) in [7, 11) is 0. The van der Waals surface area contributed by atoms with Crippen molar-refractivity contribution in [3.63, 3.8) is 0 Å². The molecule has 0 radical (unpaired) electrons. The van der Waals surface area contributed by atoms with Gasteiger partial charge in [-0.25, -0.2) is 0 Å². The molecule has 0 fully saturated rings. The molecule has 5 N–H and O–H groups in total. The third kappa shape index (κ3) is 15.1. The van der Waals surface area contributed by atoms with Gasteiger partial charge in [-0.3, -0.25) is 0 Å². The summed E-state index contributed by atoms with van der Waals surface area (Å²) in [6.07, 6.45) is 0. The lowest BCUT2D eigenvalue weighted by Crippen LogP contribution is -2.05. The lowest BCUT2D eigenvalue weighted by molar-refractivity contribution is 0.560. The van der Waals surface area contributed by atoms with Crippen molar-refractivity contribution in [2.75, 3.05) is 5.32 Å². The first-order chi connectivity index (χ1) is 7.52. The minimum Gasteiger partial charge on any atom is -0.487 e. The molecule has 0 saturated heterocycles. The van der Waals surface area contributed by atoms with Crippen LogP contribution in [0.1, 0.15) is 13.8 Å². The van der Waals surface area contributed by atoms with Crippen molar-refractivity contribution < 1.29 is 10.2 Å². The highest BCUT2D eigenvalue weighted by Crippen LogP contribution is 2.03. The molecule has 0 atom stereocenters. The highest BCUT2D eigenvalue weighted by molar-refractivity contribution is 7.80. The van der Waals surface area contributed by atoms with Crippen molar-refractivity contribution in [2.24, 2.45) is 5.73 Å². The maximum atomic E-state index is 8.63. The average molecular weight is 260 g/mol. The average Bonchev–Trinajstić information content (AvgIpc) is 2.20. The largest absolute Gasteiger partial charge is 0.487 e. The van der Waals surface area contributed by atoms with Crippen molar-refractivity contribution in [3.05, 3.63) is 30.3 Å². The van der Waals surface area contributed by atoms with Crippen LogP contribution in [0.5, 0.6) is 0 Å². The second kappa shape index (κ2) is 11.7. The van der Waals surface area contributed by atoms with Crippen LogP contribution >= 0.6 is 24.4 Å². The first-order valence-electron chi connectivity index (χ1n) is 4.55. The molecule has 0 aliphatic heterocycles. The molecule has 90 valence electrons. The van der Waals surface area contributed by atoms with E-state index in [1.165, 1.54) is 0 Å². The van der Waals surface area contributed by atoms with Gasteiger partial charge in [-0.15, -0.1) is 0 Å². The van der Waals surface area contributed by atoms with E-state index in [1.54, 1.807) is 0 Å². The fourth-order valence-electron chi connectivity index (χ4n) is 0.645. The summed E-state index contributed by atoms with van der Waals surface area (Å²) in [5, 5.41) is 18.1. The zero-order valence-electron chi connectivity index (χ0n) is 9.18. The topological polar surface area (TPSA) is 78.5 Å². The minimum atomic E-state index is -0.500. The lowest BCUT2D eigenvalue weighted by Gasteiger charge is -1.99. The van der Waals surface area contributed by atoms with E-state index < -0.39 is 5.17 Å². The number of nitrogens with one attached hydrogen (secondary N) is 1. The van der Waals surface area contributed by atoms with Crippen molar-refractivity contribution in [2.45, 2.75) is 13.8 Å². The van der Waals surface area contributed by atoms with Gasteiger partial charge >= 0.3 is 0 Å². The minimum absolute atomic E-state index is 0.203. The highest BCUT2D eigenvalue weighted by atomic mass is 32.1. The van der Waals surface area contributed by atoms with Gasteiger partial charge in [0.2, 0.25) is 0 Å². The Kier molecular flexibility index (Phi) is 12.4. The van der Waals surface area contributed by atoms with Crippen LogP contribution in [0.3, 0.4) is 0 Å². The predicted molar refractivity (Wildman–Crippen MR) is 76.1 cm³/mol. The van der Waals surface area contributed by atoms with E-state index in [4.69, 9.17) is 10.2 Å². The zero-order chi connectivity index (χ0) is 13.0. The number of aliphatic hydroxyl groups is 2. The fraction of sp³-hybridized carbons (Fsp3) is 0.200. The van der Waals surface area contributed by atoms with E-state index in [-0.39, 0.29) is 5.17 Å². The molecule has 0 aliphatic rings. The van der Waals surface area contributed by atoms with Crippen LogP contribution in [-0.2, 0) is 0 Å². The van der Waals surface area contributed by atoms with Gasteiger partial charge in [0.25, 0.3) is 10.3 Å². The van der Waals surface area contributed by atoms with Gasteiger partial charge in [-0.2, -0.15) is 0 Å². The zero-order valence-corrected chi connectivity index (χ0v) is 10.8. The Morgan fingerprint density at radius 1 is 1.12 bits per heavy atom. The summed E-state index contributed by atoms with van der Waals surface area (Å²) in [6.45, 7) is 4.00. The number of para-hydroxylation sites is 1. The summed E-state index contributed by atoms with van der Waals surface area (Å²) >= 11 is 8.29. The van der Waals surface area contributed by atoms with Crippen molar-refractivity contribution >= 4 is 40.5 Å². The number of hydrogen-bond acceptors (Lipinski definition) is 2. The van der Waals surface area contributed by atoms with Gasteiger partial charge in [0.05, 0.1) is 0 Å². The number of nitrogens with two attached hydrogens (primary N) is 1. The van der Waals surface area contributed by atoms with E-state index in [0.29, 0.717) is 0 Å². The third-order valence-corrected chi connectivity index (χ3v) is 1.13. The second-order valence-corrected chi connectivity index (χ2v) is 2.94. The van der Waals surface area contributed by atoms with E-state index in [1.807, 2.05) is 44.2 Å². The van der Waals surface area contributed by atoms with Crippen molar-refractivity contribution in [3.8, 4) is 0 Å². The molecule has 0 aliphatic carbocycles. The van der Waals surface area contributed by atoms with Crippen LogP contribution in [-0.4, -0.2) is 20.6 Å². The van der Waals surface area contributed by atoms with Gasteiger partial charge < -0.3 is 21.3 Å². The van der Waals surface area contributed by atoms with Crippen LogP contribution in [0, 0.1) is 0 Å². The number of aliphatic hydroxyl groups excluding tert-OH is 2. The van der Waals surface area contributed by atoms with Gasteiger partial charge in [0, 0.05) is 5.69 Å². The Labute approximate surface area is 106 Å². The van der Waals surface area contributed by atoms with E-state index in [9.17, 15) is 0 Å². The van der Waals surface area contributed by atoms with Gasteiger partial charge in [0.1, 0.15) is 0 Å². The lowest BCUT2D eigenvalue weighted by atomic mass is 10.3. The van der Waals surface area contributed by atoms with Crippen LogP contribution < -0.4 is 11.1 Å². The van der Waals surface area contributed by atoms with Crippen molar-refractivity contribution in [1.29, 1.82) is 0 Å². The quantitative estimate of drug-likeness (QED) is 0.582. The Morgan fingerprint density at radius 2 is 1.50 bits per heavy atom. The van der Waals surface area contributed by atoms with Crippen molar-refractivity contribution in [1.82, 2.24) is 0 Å². The highest BCUT2D eigenvalue weighted by Gasteiger charge is 1.89. The van der Waals surface area contributed by atoms with E-state index in [2.05, 4.69) is 35.5 Å². The summed E-state index contributed by atoms with van der Waals surface area (Å²) < 4.78 is 0. The summed E-state index contributed by atoms with van der Waals surface area (Å²) in [6, 6.07) is 9.26. The maximum absolute atomic E-state index is 8.63. The molecule has 4 nitrogen and oxygen atoms in total. The van der Waals surface area contributed by atoms with Crippen LogP contribution in [0.15, 0.2) is 30.3 Å². The second-order valence-electron chi connectivity index (χ2n) is 2.13. The summed E-state index contributed by atoms with van der Waals surface area (Å²) in [5.74, 6) is 0. The predicted octanol–water partition coefficient (Wildman–Crippen LogP) is 2.76. The molecule has 0 heterocycles. The number of anilines is 1. The molecule has 6 heteroatoms. The fourth-order valence-corrected chi connectivity index (χ4v) is 0.763. The Morgan fingerprint density at radius 3 is 1.81 bits per heavy atom. The Balaban J connectivity index is 0. The number of thiocarbonyl (C=S) groups is 2. The van der Waals surface area contributed by atoms with E-state index >= 15 is 0 Å². The SMILES string of the molecule is CC.NC(O)=S.OC(=S)Nc1ccccc1. The summed E-state index contributed by atoms with van der Waals surface area (Å²) in [5.41, 5.74) is 5.20. The normalized spacial score (nSPS) is 7.38. The third-order valence-electron chi connectivity index (χ3n) is 1.03. The molecule has 0 spiro atoms. The summed E-state index contributed by atoms with van der Waals surface area (Å²) in [4.78, 5) is 0. The molecule has 1 aromatic carbocycles. The molecule has 16 heavy (non-hydrogen) atoms. The molecule has 0 saturated carbocycles. The van der Waals surface area contributed by atoms with Gasteiger partial charge in [-0.05, 0) is 36.6 Å². The number of hydrogen-bond donors (Lipinski definition) is 4. The molecule has 0 bridgehead atoms. The molecular formula is C10H16N2O2S2. The number of benzene rings is 1. The molecule has 1 rings (SSSR count). The Hall–Kier alpha value is -1.40. The molecule has 0 unspecified atom stereocenters. The number of rotatable bonds is 1. The first kappa shape index (κ1) is 17.0.